The third-order valence-corrected chi connectivity index (χ3v) is 7.30. The monoisotopic (exact) mass is 356 g/mol. The number of rotatable bonds is 4. The third kappa shape index (κ3) is 2.04. The zero-order chi connectivity index (χ0) is 18.3. The second kappa shape index (κ2) is 5.17. The lowest BCUT2D eigenvalue weighted by Crippen LogP contribution is -2.69. The van der Waals surface area contributed by atoms with Crippen LogP contribution in [0.1, 0.15) is 32.6 Å². The summed E-state index contributed by atoms with van der Waals surface area (Å²) in [5.41, 5.74) is 0.693. The second-order valence-electron chi connectivity index (χ2n) is 8.90. The molecule has 1 N–H and O–H groups in total. The minimum atomic E-state index is -1.04. The van der Waals surface area contributed by atoms with Gasteiger partial charge in [-0.25, -0.2) is 0 Å². The van der Waals surface area contributed by atoms with Crippen LogP contribution in [-0.4, -0.2) is 59.0 Å². The molecule has 0 saturated heterocycles. The zero-order valence-corrected chi connectivity index (χ0v) is 15.4. The van der Waals surface area contributed by atoms with E-state index in [0.29, 0.717) is 12.8 Å². The Hall–Kier alpha value is -1.72. The first kappa shape index (κ1) is 16.5. The van der Waals surface area contributed by atoms with Gasteiger partial charge < -0.3 is 14.3 Å². The van der Waals surface area contributed by atoms with Crippen molar-refractivity contribution in [2.45, 2.75) is 50.4 Å². The molecule has 0 aromatic heterocycles. The third-order valence-electron chi connectivity index (χ3n) is 7.30. The Morgan fingerprint density at radius 1 is 1.31 bits per heavy atom. The van der Waals surface area contributed by atoms with Crippen molar-refractivity contribution < 1.29 is 23.9 Å². The molecule has 1 heterocycles. The quantitative estimate of drug-likeness (QED) is 0.779. The van der Waals surface area contributed by atoms with E-state index in [9.17, 15) is 14.7 Å². The van der Waals surface area contributed by atoms with Crippen molar-refractivity contribution in [3.63, 3.8) is 0 Å². The molecule has 138 valence electrons. The van der Waals surface area contributed by atoms with Gasteiger partial charge in [0.05, 0.1) is 26.1 Å². The maximum absolute atomic E-state index is 12.5. The van der Waals surface area contributed by atoms with E-state index >= 15 is 0 Å². The number of Topliss-reactive ketones (excluding diaryl/α,β-unsaturated/α-hetero) is 1. The summed E-state index contributed by atoms with van der Waals surface area (Å²) in [4.78, 5) is 24.8. The summed E-state index contributed by atoms with van der Waals surface area (Å²) in [5, 5.41) is 11.9. The molecule has 2 fully saturated rings. The molecule has 0 spiro atoms. The minimum Gasteiger partial charge on any atom is -0.477 e. The zero-order valence-electron chi connectivity index (χ0n) is 15.4. The smallest absolute Gasteiger partial charge is 0.220 e. The Kier molecular flexibility index (Phi) is 3.27. The molecule has 0 aromatic rings. The largest absolute Gasteiger partial charge is 0.477 e. The van der Waals surface area contributed by atoms with E-state index in [-0.39, 0.29) is 23.4 Å². The van der Waals surface area contributed by atoms with Crippen molar-refractivity contribution in [3.05, 3.63) is 35.1 Å². The Labute approximate surface area is 153 Å². The minimum absolute atomic E-state index is 0.00905. The molecule has 5 aliphatic rings. The number of hydrogen-bond acceptors (Lipinski definition) is 4. The van der Waals surface area contributed by atoms with Crippen molar-refractivity contribution in [1.29, 1.82) is 0 Å². The Morgan fingerprint density at radius 3 is 2.77 bits per heavy atom. The van der Waals surface area contributed by atoms with Crippen LogP contribution < -0.4 is 0 Å². The molecule has 4 aliphatic carbocycles. The first-order chi connectivity index (χ1) is 12.4. The van der Waals surface area contributed by atoms with Gasteiger partial charge in [0, 0.05) is 17.9 Å². The van der Waals surface area contributed by atoms with Gasteiger partial charge in [-0.2, -0.15) is 0 Å². The number of hydrogen-bond donors (Lipinski definition) is 1. The van der Waals surface area contributed by atoms with Crippen LogP contribution in [0.25, 0.3) is 0 Å². The highest BCUT2D eigenvalue weighted by Crippen LogP contribution is 2.55. The molecule has 1 aliphatic heterocycles. The molecular formula is C21H26NO4+. The van der Waals surface area contributed by atoms with Crippen LogP contribution >= 0.6 is 0 Å². The van der Waals surface area contributed by atoms with Crippen LogP contribution in [0, 0.1) is 11.8 Å². The maximum atomic E-state index is 12.5. The van der Waals surface area contributed by atoms with E-state index in [0.717, 1.165) is 34.6 Å². The number of allylic oxidation sites excluding steroid dienone is 3. The summed E-state index contributed by atoms with van der Waals surface area (Å²) in [7, 11) is 2.23. The fourth-order valence-corrected chi connectivity index (χ4v) is 5.61. The molecule has 26 heavy (non-hydrogen) atoms. The normalized spacial score (nSPS) is 40.1. The van der Waals surface area contributed by atoms with Crippen LogP contribution in [-0.2, 0) is 14.3 Å². The molecule has 5 nitrogen and oxygen atoms in total. The highest BCUT2D eigenvalue weighted by Gasteiger charge is 2.65. The van der Waals surface area contributed by atoms with E-state index in [2.05, 4.69) is 20.0 Å². The van der Waals surface area contributed by atoms with E-state index in [4.69, 9.17) is 4.74 Å². The number of aliphatic hydroxyl groups is 1. The van der Waals surface area contributed by atoms with Crippen LogP contribution in [0.2, 0.25) is 0 Å². The highest BCUT2D eigenvalue weighted by molar-refractivity contribution is 6.07. The lowest BCUT2D eigenvalue weighted by molar-refractivity contribution is -0.934. The van der Waals surface area contributed by atoms with Crippen LogP contribution in [0.3, 0.4) is 0 Å². The van der Waals surface area contributed by atoms with Gasteiger partial charge in [-0.15, -0.1) is 0 Å². The van der Waals surface area contributed by atoms with E-state index in [1.54, 1.807) is 0 Å². The van der Waals surface area contributed by atoms with E-state index < -0.39 is 17.6 Å². The van der Waals surface area contributed by atoms with Crippen LogP contribution in [0.5, 0.6) is 0 Å². The number of quaternary nitrogens is 1. The molecule has 5 heteroatoms. The van der Waals surface area contributed by atoms with Gasteiger partial charge >= 0.3 is 0 Å². The molecular weight excluding hydrogens is 330 g/mol. The highest BCUT2D eigenvalue weighted by atomic mass is 16.5. The summed E-state index contributed by atoms with van der Waals surface area (Å²) in [5.74, 6) is 0.425. The number of ether oxygens (including phenoxy) is 1. The fraction of sp³-hybridized carbons (Fsp3) is 0.619. The van der Waals surface area contributed by atoms with E-state index in [1.165, 1.54) is 18.9 Å². The number of likely N-dealkylation sites (N-methyl/N-ethyl adjacent to an activating group) is 1. The average molecular weight is 356 g/mol. The second-order valence-corrected chi connectivity index (χ2v) is 8.90. The van der Waals surface area contributed by atoms with Crippen LogP contribution in [0.15, 0.2) is 35.1 Å². The molecule has 2 saturated carbocycles. The van der Waals surface area contributed by atoms with E-state index in [1.807, 2.05) is 6.08 Å². The fourth-order valence-electron chi connectivity index (χ4n) is 5.61. The summed E-state index contributed by atoms with van der Waals surface area (Å²) in [6, 6.07) is -0.0896. The van der Waals surface area contributed by atoms with Gasteiger partial charge in [0.15, 0.2) is 17.6 Å². The van der Waals surface area contributed by atoms with Crippen molar-refractivity contribution >= 4 is 11.6 Å². The van der Waals surface area contributed by atoms with Crippen molar-refractivity contribution in [3.8, 4) is 0 Å². The summed E-state index contributed by atoms with van der Waals surface area (Å²) >= 11 is 0. The summed E-state index contributed by atoms with van der Waals surface area (Å²) < 4.78 is 6.62. The van der Waals surface area contributed by atoms with Gasteiger partial charge in [0.25, 0.3) is 0 Å². The molecule has 0 radical (unpaired) electrons. The number of nitrogens with zero attached hydrogens (tertiary/aromatic N) is 1. The van der Waals surface area contributed by atoms with Gasteiger partial charge in [0.2, 0.25) is 5.78 Å². The molecule has 5 rings (SSSR count). The Morgan fingerprint density at radius 2 is 2.08 bits per heavy atom. The van der Waals surface area contributed by atoms with Crippen molar-refractivity contribution in [2.24, 2.45) is 11.8 Å². The summed E-state index contributed by atoms with van der Waals surface area (Å²) in [6.45, 7) is 4.15. The van der Waals surface area contributed by atoms with Gasteiger partial charge in [-0.1, -0.05) is 6.08 Å². The SMILES string of the molecule is CC[N+](C)(CC1CC1)[C@@H]1C=C2C=CC(=O)C3=C2C2C(O3)C(=O)CC[C@]21O. The number of carbonyl (C=O) groups excluding carboxylic acids is 2. The van der Waals surface area contributed by atoms with Crippen LogP contribution in [0.4, 0.5) is 0 Å². The topological polar surface area (TPSA) is 63.6 Å². The molecule has 0 amide bonds. The lowest BCUT2D eigenvalue weighted by Gasteiger charge is -2.54. The Bertz CT molecular complexity index is 805. The Balaban J connectivity index is 1.67. The standard InChI is InChI=1S/C21H26NO4/c1-3-22(2,11-12-4-5-12)16-10-13-6-7-14(23)19-17(13)18-20(26-19)15(24)8-9-21(16,18)25/h6-7,10,12,16,18,20,25H,3-5,8-9,11H2,1-2H3/q+1/t16-,18?,20?,21-,22?/m1/s1. The van der Waals surface area contributed by atoms with Crippen molar-refractivity contribution in [1.82, 2.24) is 0 Å². The van der Waals surface area contributed by atoms with Gasteiger partial charge in [-0.3, -0.25) is 9.59 Å². The predicted molar refractivity (Wildman–Crippen MR) is 94.9 cm³/mol. The average Bonchev–Trinajstić information content (AvgIpc) is 3.32. The first-order valence-electron chi connectivity index (χ1n) is 9.82. The lowest BCUT2D eigenvalue weighted by atomic mass is 9.61. The maximum Gasteiger partial charge on any atom is 0.220 e. The number of ketones is 2. The molecule has 5 atom stereocenters. The van der Waals surface area contributed by atoms with Crippen molar-refractivity contribution in [2.75, 3.05) is 20.1 Å². The number of carbonyl (C=O) groups is 2. The van der Waals surface area contributed by atoms with Gasteiger partial charge in [-0.05, 0) is 43.9 Å². The first-order valence-corrected chi connectivity index (χ1v) is 9.82. The molecule has 0 aromatic carbocycles. The molecule has 3 unspecified atom stereocenters. The van der Waals surface area contributed by atoms with Gasteiger partial charge in [0.1, 0.15) is 11.6 Å². The molecule has 0 bridgehead atoms. The predicted octanol–water partition coefficient (Wildman–Crippen LogP) is 1.67. The summed E-state index contributed by atoms with van der Waals surface area (Å²) in [6.07, 6.45) is 8.12.